The summed E-state index contributed by atoms with van der Waals surface area (Å²) in [5.74, 6) is 0.849. The molecule has 0 saturated heterocycles. The highest BCUT2D eigenvalue weighted by molar-refractivity contribution is 5.93. The first kappa shape index (κ1) is 16.2. The zero-order valence-corrected chi connectivity index (χ0v) is 14.8. The fourth-order valence-corrected chi connectivity index (χ4v) is 3.49. The van der Waals surface area contributed by atoms with E-state index < -0.39 is 5.82 Å². The van der Waals surface area contributed by atoms with Gasteiger partial charge in [0.15, 0.2) is 11.5 Å². The predicted octanol–water partition coefficient (Wildman–Crippen LogP) is 3.11. The van der Waals surface area contributed by atoms with E-state index in [9.17, 15) is 9.50 Å². The summed E-state index contributed by atoms with van der Waals surface area (Å²) < 4.78 is 16.0. The molecule has 8 heteroatoms. The van der Waals surface area contributed by atoms with E-state index in [0.29, 0.717) is 34.8 Å². The third kappa shape index (κ3) is 2.73. The van der Waals surface area contributed by atoms with E-state index in [4.69, 9.17) is 0 Å². The number of pyridine rings is 1. The van der Waals surface area contributed by atoms with Crippen molar-refractivity contribution >= 4 is 22.6 Å². The van der Waals surface area contributed by atoms with Crippen LogP contribution in [0.5, 0.6) is 0 Å². The zero-order valence-electron chi connectivity index (χ0n) is 14.8. The first-order chi connectivity index (χ1) is 13.1. The Hall–Kier alpha value is -3.00. The third-order valence-electron chi connectivity index (χ3n) is 5.23. The summed E-state index contributed by atoms with van der Waals surface area (Å²) in [6.07, 6.45) is 9.28. The maximum absolute atomic E-state index is 14.5. The van der Waals surface area contributed by atoms with Gasteiger partial charge in [-0.25, -0.2) is 14.4 Å². The summed E-state index contributed by atoms with van der Waals surface area (Å²) in [6, 6.07) is 1.79. The molecule has 4 aromatic heterocycles. The lowest BCUT2D eigenvalue weighted by Gasteiger charge is -2.12. The molecule has 0 amide bonds. The van der Waals surface area contributed by atoms with E-state index in [-0.39, 0.29) is 12.3 Å². The number of anilines is 1. The van der Waals surface area contributed by atoms with Crippen molar-refractivity contribution in [2.75, 3.05) is 5.32 Å². The highest BCUT2D eigenvalue weighted by Gasteiger charge is 2.28. The monoisotopic (exact) mass is 366 g/mol. The number of halogens is 1. The number of imidazole rings is 1. The predicted molar refractivity (Wildman–Crippen MR) is 99.8 cm³/mol. The number of hydrogen-bond acceptors (Lipinski definition) is 5. The molecule has 0 bridgehead atoms. The first-order valence-electron chi connectivity index (χ1n) is 9.01. The molecular formula is C19H19FN6O. The molecule has 0 aliphatic heterocycles. The van der Waals surface area contributed by atoms with E-state index in [0.717, 1.165) is 10.9 Å². The second-order valence-electron chi connectivity index (χ2n) is 7.11. The number of nitrogens with one attached hydrogen (secondary N) is 2. The van der Waals surface area contributed by atoms with Gasteiger partial charge in [0.05, 0.1) is 18.5 Å². The minimum Gasteiger partial charge on any atom is -0.390 e. The Balaban J connectivity index is 1.55. The second kappa shape index (κ2) is 6.02. The van der Waals surface area contributed by atoms with Crippen molar-refractivity contribution in [2.24, 2.45) is 5.92 Å². The third-order valence-corrected chi connectivity index (χ3v) is 5.23. The standard InChI is InChI=1S/C19H19FN6O/c1-10(11-2-3-11)24-19-23-7-15-14(6-21-17(15)25-19)12-4-16(20)18-22-5-13(9-27)26(18)8-12/h4-8,10-11,27H,2-3,9H2,1H3,(H2,21,23,24,25)/t10-/m1/s1. The molecule has 5 rings (SSSR count). The van der Waals surface area contributed by atoms with Crippen LogP contribution >= 0.6 is 0 Å². The molecule has 1 aliphatic rings. The molecule has 1 aliphatic carbocycles. The molecule has 138 valence electrons. The van der Waals surface area contributed by atoms with E-state index in [2.05, 4.69) is 32.2 Å². The van der Waals surface area contributed by atoms with Crippen LogP contribution in [0.1, 0.15) is 25.5 Å². The topological polar surface area (TPSA) is 91.1 Å². The number of rotatable bonds is 5. The van der Waals surface area contributed by atoms with Gasteiger partial charge in [0, 0.05) is 41.1 Å². The number of fused-ring (bicyclic) bond motifs is 2. The fraction of sp³-hybridized carbons (Fsp3) is 0.316. The van der Waals surface area contributed by atoms with Gasteiger partial charge >= 0.3 is 0 Å². The normalized spacial score (nSPS) is 15.5. The molecule has 0 spiro atoms. The Bertz CT molecular complexity index is 1150. The Morgan fingerprint density at radius 1 is 1.37 bits per heavy atom. The van der Waals surface area contributed by atoms with Gasteiger partial charge in [-0.1, -0.05) is 0 Å². The number of hydrogen-bond donors (Lipinski definition) is 3. The van der Waals surface area contributed by atoms with Gasteiger partial charge in [-0.15, -0.1) is 0 Å². The Labute approximate surface area is 154 Å². The summed E-state index contributed by atoms with van der Waals surface area (Å²) in [5, 5.41) is 13.6. The number of H-pyrrole nitrogens is 1. The van der Waals surface area contributed by atoms with Crippen LogP contribution < -0.4 is 5.32 Å². The van der Waals surface area contributed by atoms with Crippen LogP contribution in [-0.4, -0.2) is 35.5 Å². The lowest BCUT2D eigenvalue weighted by Crippen LogP contribution is -2.18. The highest BCUT2D eigenvalue weighted by atomic mass is 19.1. The molecule has 1 fully saturated rings. The van der Waals surface area contributed by atoms with E-state index in [1.807, 2.05) is 0 Å². The number of aliphatic hydroxyl groups excluding tert-OH is 1. The molecule has 1 atom stereocenters. The van der Waals surface area contributed by atoms with E-state index >= 15 is 0 Å². The van der Waals surface area contributed by atoms with Gasteiger partial charge in [-0.2, -0.15) is 4.98 Å². The van der Waals surface area contributed by atoms with Crippen LogP contribution in [0, 0.1) is 11.7 Å². The zero-order chi connectivity index (χ0) is 18.5. The van der Waals surface area contributed by atoms with Gasteiger partial charge in [-0.05, 0) is 31.7 Å². The maximum Gasteiger partial charge on any atom is 0.224 e. The lowest BCUT2D eigenvalue weighted by molar-refractivity contribution is 0.276. The quantitative estimate of drug-likeness (QED) is 0.505. The average molecular weight is 366 g/mol. The van der Waals surface area contributed by atoms with Crippen LogP contribution in [0.2, 0.25) is 0 Å². The molecule has 4 aromatic rings. The number of nitrogens with zero attached hydrogens (tertiary/aromatic N) is 4. The highest BCUT2D eigenvalue weighted by Crippen LogP contribution is 2.34. The van der Waals surface area contributed by atoms with Crippen molar-refractivity contribution in [2.45, 2.75) is 32.4 Å². The number of aliphatic hydroxyl groups is 1. The average Bonchev–Trinajstić information content (AvgIpc) is 3.30. The van der Waals surface area contributed by atoms with Gasteiger partial charge in [-0.3, -0.25) is 4.40 Å². The summed E-state index contributed by atoms with van der Waals surface area (Å²) >= 11 is 0. The molecular weight excluding hydrogens is 347 g/mol. The van der Waals surface area contributed by atoms with Gasteiger partial charge in [0.25, 0.3) is 0 Å². The van der Waals surface area contributed by atoms with Crippen LogP contribution in [0.15, 0.2) is 30.9 Å². The van der Waals surface area contributed by atoms with Crippen molar-refractivity contribution in [1.82, 2.24) is 24.3 Å². The molecule has 27 heavy (non-hydrogen) atoms. The number of aromatic amines is 1. The van der Waals surface area contributed by atoms with Crippen molar-refractivity contribution in [1.29, 1.82) is 0 Å². The van der Waals surface area contributed by atoms with Crippen molar-refractivity contribution in [3.63, 3.8) is 0 Å². The van der Waals surface area contributed by atoms with Gasteiger partial charge in [0.2, 0.25) is 5.95 Å². The molecule has 0 radical (unpaired) electrons. The molecule has 0 unspecified atom stereocenters. The Morgan fingerprint density at radius 3 is 3.00 bits per heavy atom. The minimum absolute atomic E-state index is 0.194. The fourth-order valence-electron chi connectivity index (χ4n) is 3.49. The number of aromatic nitrogens is 5. The minimum atomic E-state index is -0.445. The van der Waals surface area contributed by atoms with Crippen molar-refractivity contribution in [3.05, 3.63) is 42.4 Å². The van der Waals surface area contributed by atoms with Crippen LogP contribution in [0.3, 0.4) is 0 Å². The van der Waals surface area contributed by atoms with Crippen LogP contribution in [0.25, 0.3) is 27.8 Å². The molecule has 3 N–H and O–H groups in total. The van der Waals surface area contributed by atoms with Gasteiger partial charge in [0.1, 0.15) is 5.65 Å². The Kier molecular flexibility index (Phi) is 3.61. The first-order valence-corrected chi connectivity index (χ1v) is 9.01. The molecule has 7 nitrogen and oxygen atoms in total. The summed E-state index contributed by atoms with van der Waals surface area (Å²) in [7, 11) is 0. The summed E-state index contributed by atoms with van der Waals surface area (Å²) in [4.78, 5) is 16.1. The molecule has 0 aromatic carbocycles. The summed E-state index contributed by atoms with van der Waals surface area (Å²) in [6.45, 7) is 1.93. The van der Waals surface area contributed by atoms with Crippen LogP contribution in [0.4, 0.5) is 10.3 Å². The Morgan fingerprint density at radius 2 is 2.22 bits per heavy atom. The summed E-state index contributed by atoms with van der Waals surface area (Å²) in [5.41, 5.74) is 2.88. The van der Waals surface area contributed by atoms with Crippen molar-refractivity contribution < 1.29 is 9.50 Å². The van der Waals surface area contributed by atoms with Crippen LogP contribution in [-0.2, 0) is 6.61 Å². The van der Waals surface area contributed by atoms with E-state index in [1.165, 1.54) is 25.1 Å². The molecule has 4 heterocycles. The smallest absolute Gasteiger partial charge is 0.224 e. The second-order valence-corrected chi connectivity index (χ2v) is 7.11. The SMILES string of the molecule is C[C@@H](Nc1ncc2c(-c3cc(F)c4ncc(CO)n4c3)c[nH]c2n1)C1CC1. The van der Waals surface area contributed by atoms with Crippen molar-refractivity contribution in [3.8, 4) is 11.1 Å². The largest absolute Gasteiger partial charge is 0.390 e. The van der Waals surface area contributed by atoms with E-state index in [1.54, 1.807) is 23.0 Å². The maximum atomic E-state index is 14.5. The lowest BCUT2D eigenvalue weighted by atomic mass is 10.1. The van der Waals surface area contributed by atoms with Gasteiger partial charge < -0.3 is 15.4 Å². The molecule has 1 saturated carbocycles.